The molecule has 0 fully saturated rings. The van der Waals surface area contributed by atoms with Gasteiger partial charge in [0.25, 0.3) is 5.91 Å². The van der Waals surface area contributed by atoms with E-state index in [-0.39, 0.29) is 12.5 Å². The number of carbonyl (C=O) groups is 1. The van der Waals surface area contributed by atoms with Crippen LogP contribution >= 0.6 is 15.9 Å². The van der Waals surface area contributed by atoms with Crippen LogP contribution < -0.4 is 11.1 Å². The average Bonchev–Trinajstić information content (AvgIpc) is 2.39. The molecule has 0 bridgehead atoms. The largest absolute Gasteiger partial charge is 0.398 e. The lowest BCUT2D eigenvalue weighted by Gasteiger charge is -2.08. The van der Waals surface area contributed by atoms with E-state index in [1.54, 1.807) is 42.5 Å². The summed E-state index contributed by atoms with van der Waals surface area (Å²) < 4.78 is 0.828. The number of carbonyl (C=O) groups excluding carboxylic acids is 1. The number of nitrogens with one attached hydrogen (secondary N) is 1. The van der Waals surface area contributed by atoms with Crippen LogP contribution in [0, 0.1) is 0 Å². The van der Waals surface area contributed by atoms with Crippen molar-refractivity contribution in [1.29, 1.82) is 0 Å². The van der Waals surface area contributed by atoms with Crippen LogP contribution in [0.2, 0.25) is 0 Å². The lowest BCUT2D eigenvalue weighted by atomic mass is 10.1. The smallest absolute Gasteiger partial charge is 0.257 e. The Kier molecular flexibility index (Phi) is 4.19. The minimum Gasteiger partial charge on any atom is -0.398 e. The zero-order valence-corrected chi connectivity index (χ0v) is 11.6. The van der Waals surface area contributed by atoms with E-state index in [1.807, 2.05) is 0 Å². The van der Waals surface area contributed by atoms with Crippen molar-refractivity contribution in [3.05, 3.63) is 58.1 Å². The summed E-state index contributed by atoms with van der Waals surface area (Å²) in [6.45, 7) is -0.0200. The average molecular weight is 321 g/mol. The van der Waals surface area contributed by atoms with E-state index in [1.165, 1.54) is 0 Å². The summed E-state index contributed by atoms with van der Waals surface area (Å²) in [7, 11) is 0. The fourth-order valence-electron chi connectivity index (χ4n) is 1.63. The number of amides is 1. The van der Waals surface area contributed by atoms with E-state index in [0.717, 1.165) is 10.0 Å². The lowest BCUT2D eigenvalue weighted by Crippen LogP contribution is -2.13. The van der Waals surface area contributed by atoms with Crippen LogP contribution in [-0.4, -0.2) is 11.0 Å². The fourth-order valence-corrected chi connectivity index (χ4v) is 2.01. The topological polar surface area (TPSA) is 75.4 Å². The van der Waals surface area contributed by atoms with Gasteiger partial charge in [-0.25, -0.2) is 0 Å². The molecular weight excluding hydrogens is 308 g/mol. The number of nitrogens with two attached hydrogens (primary N) is 1. The van der Waals surface area contributed by atoms with Crippen LogP contribution in [0.25, 0.3) is 0 Å². The number of hydrogen-bond donors (Lipinski definition) is 3. The highest BCUT2D eigenvalue weighted by Gasteiger charge is 2.10. The third kappa shape index (κ3) is 3.33. The summed E-state index contributed by atoms with van der Waals surface area (Å²) in [5, 5.41) is 11.7. The second kappa shape index (κ2) is 5.86. The molecule has 0 aromatic heterocycles. The second-order valence-electron chi connectivity index (χ2n) is 4.04. The van der Waals surface area contributed by atoms with Crippen LogP contribution in [0.4, 0.5) is 11.4 Å². The first-order valence-electron chi connectivity index (χ1n) is 5.66. The van der Waals surface area contributed by atoms with Crippen molar-refractivity contribution in [1.82, 2.24) is 0 Å². The highest BCUT2D eigenvalue weighted by Crippen LogP contribution is 2.20. The van der Waals surface area contributed by atoms with Gasteiger partial charge in [0.1, 0.15) is 0 Å². The Morgan fingerprint density at radius 3 is 2.47 bits per heavy atom. The molecule has 0 atom stereocenters. The van der Waals surface area contributed by atoms with E-state index in [0.29, 0.717) is 16.9 Å². The van der Waals surface area contributed by atoms with Crippen LogP contribution in [0.15, 0.2) is 46.9 Å². The van der Waals surface area contributed by atoms with Gasteiger partial charge in [-0.3, -0.25) is 4.79 Å². The van der Waals surface area contributed by atoms with Crippen LogP contribution in [0.3, 0.4) is 0 Å². The van der Waals surface area contributed by atoms with Gasteiger partial charge in [0.2, 0.25) is 0 Å². The third-order valence-corrected chi connectivity index (χ3v) is 3.15. The first kappa shape index (κ1) is 13.6. The number of rotatable bonds is 3. The Morgan fingerprint density at radius 2 is 1.89 bits per heavy atom. The molecule has 4 nitrogen and oxygen atoms in total. The van der Waals surface area contributed by atoms with Crippen molar-refractivity contribution in [2.24, 2.45) is 0 Å². The van der Waals surface area contributed by atoms with Gasteiger partial charge in [-0.05, 0) is 35.9 Å². The van der Waals surface area contributed by atoms with Crippen LogP contribution in [0.1, 0.15) is 15.9 Å². The Morgan fingerprint density at radius 1 is 1.21 bits per heavy atom. The quantitative estimate of drug-likeness (QED) is 0.761. The summed E-state index contributed by atoms with van der Waals surface area (Å²) in [5.74, 6) is -0.262. The molecule has 19 heavy (non-hydrogen) atoms. The van der Waals surface area contributed by atoms with E-state index < -0.39 is 0 Å². The molecule has 0 radical (unpaired) electrons. The first-order chi connectivity index (χ1) is 9.10. The first-order valence-corrected chi connectivity index (χ1v) is 6.45. The number of benzene rings is 2. The summed E-state index contributed by atoms with van der Waals surface area (Å²) in [6.07, 6.45) is 0. The number of nitrogen functional groups attached to an aromatic ring is 1. The standard InChI is InChI=1S/C14H13BrN2O2/c15-10-3-6-12(13(16)7-10)14(19)17-11-4-1-9(8-18)2-5-11/h1-7,18H,8,16H2,(H,17,19). The van der Waals surface area contributed by atoms with Crippen molar-refractivity contribution in [3.8, 4) is 0 Å². The van der Waals surface area contributed by atoms with Crippen molar-refractivity contribution in [3.63, 3.8) is 0 Å². The maximum Gasteiger partial charge on any atom is 0.257 e. The maximum atomic E-state index is 12.0. The van der Waals surface area contributed by atoms with E-state index in [2.05, 4.69) is 21.2 Å². The summed E-state index contributed by atoms with van der Waals surface area (Å²) >= 11 is 3.29. The zero-order valence-electron chi connectivity index (χ0n) is 10.1. The van der Waals surface area contributed by atoms with Crippen molar-refractivity contribution >= 4 is 33.2 Å². The van der Waals surface area contributed by atoms with Gasteiger partial charge >= 0.3 is 0 Å². The van der Waals surface area contributed by atoms with Gasteiger partial charge in [0.05, 0.1) is 12.2 Å². The van der Waals surface area contributed by atoms with Crippen LogP contribution in [0.5, 0.6) is 0 Å². The Labute approximate surface area is 119 Å². The second-order valence-corrected chi connectivity index (χ2v) is 4.96. The van der Waals surface area contributed by atoms with Gasteiger partial charge in [0, 0.05) is 15.8 Å². The molecule has 0 unspecified atom stereocenters. The number of hydrogen-bond acceptors (Lipinski definition) is 3. The monoisotopic (exact) mass is 320 g/mol. The van der Waals surface area contributed by atoms with Gasteiger partial charge in [-0.1, -0.05) is 28.1 Å². The highest BCUT2D eigenvalue weighted by molar-refractivity contribution is 9.10. The molecule has 0 aliphatic heterocycles. The van der Waals surface area contributed by atoms with Gasteiger partial charge in [-0.15, -0.1) is 0 Å². The molecule has 0 saturated carbocycles. The van der Waals surface area contributed by atoms with Crippen LogP contribution in [-0.2, 0) is 6.61 Å². The minimum absolute atomic E-state index is 0.0200. The molecule has 2 aromatic carbocycles. The molecule has 0 spiro atoms. The lowest BCUT2D eigenvalue weighted by molar-refractivity contribution is 0.102. The van der Waals surface area contributed by atoms with E-state index in [4.69, 9.17) is 10.8 Å². The molecule has 2 rings (SSSR count). The van der Waals surface area contributed by atoms with Crippen molar-refractivity contribution in [2.75, 3.05) is 11.1 Å². The van der Waals surface area contributed by atoms with Crippen molar-refractivity contribution < 1.29 is 9.90 Å². The fraction of sp³-hybridized carbons (Fsp3) is 0.0714. The number of aliphatic hydroxyl groups excluding tert-OH is 1. The number of aliphatic hydroxyl groups is 1. The zero-order chi connectivity index (χ0) is 13.8. The molecule has 0 aliphatic rings. The molecule has 0 aliphatic carbocycles. The molecule has 98 valence electrons. The Bertz CT molecular complexity index is 597. The summed E-state index contributed by atoms with van der Waals surface area (Å²) in [6, 6.07) is 12.1. The number of halogens is 1. The van der Waals surface area contributed by atoms with Crippen molar-refractivity contribution in [2.45, 2.75) is 6.61 Å². The Balaban J connectivity index is 2.15. The summed E-state index contributed by atoms with van der Waals surface area (Å²) in [5.41, 5.74) is 8.09. The SMILES string of the molecule is Nc1cc(Br)ccc1C(=O)Nc1ccc(CO)cc1. The van der Waals surface area contributed by atoms with Gasteiger partial charge in [-0.2, -0.15) is 0 Å². The molecule has 5 heteroatoms. The molecule has 1 amide bonds. The molecular formula is C14H13BrN2O2. The minimum atomic E-state index is -0.262. The van der Waals surface area contributed by atoms with Gasteiger partial charge in [0.15, 0.2) is 0 Å². The summed E-state index contributed by atoms with van der Waals surface area (Å²) in [4.78, 5) is 12.0. The van der Waals surface area contributed by atoms with Gasteiger partial charge < -0.3 is 16.2 Å². The van der Waals surface area contributed by atoms with E-state index >= 15 is 0 Å². The number of anilines is 2. The molecule has 2 aromatic rings. The molecule has 0 heterocycles. The predicted molar refractivity (Wildman–Crippen MR) is 78.9 cm³/mol. The Hall–Kier alpha value is -1.85. The molecule has 4 N–H and O–H groups in total. The normalized spacial score (nSPS) is 10.2. The predicted octanol–water partition coefficient (Wildman–Crippen LogP) is 2.78. The highest BCUT2D eigenvalue weighted by atomic mass is 79.9. The molecule has 0 saturated heterocycles. The maximum absolute atomic E-state index is 12.0. The third-order valence-electron chi connectivity index (χ3n) is 2.65. The van der Waals surface area contributed by atoms with E-state index in [9.17, 15) is 4.79 Å².